The third kappa shape index (κ3) is 5.63. The zero-order valence-corrected chi connectivity index (χ0v) is 16.8. The number of rotatable bonds is 3. The SMILES string of the molecule is CC(C)(C)c1ccc(C(=O)Nc2cccc(NC(=O)C(Cl)(Cl)Cl)c2)cc1. The van der Waals surface area contributed by atoms with Crippen LogP contribution in [0.5, 0.6) is 0 Å². The van der Waals surface area contributed by atoms with Crippen molar-refractivity contribution in [2.45, 2.75) is 30.0 Å². The van der Waals surface area contributed by atoms with E-state index in [2.05, 4.69) is 31.4 Å². The molecule has 26 heavy (non-hydrogen) atoms. The molecule has 0 saturated heterocycles. The first kappa shape index (κ1) is 20.6. The van der Waals surface area contributed by atoms with Crippen LogP contribution in [-0.2, 0) is 10.2 Å². The number of amides is 2. The Labute approximate surface area is 167 Å². The maximum absolute atomic E-state index is 12.4. The minimum atomic E-state index is -2.06. The van der Waals surface area contributed by atoms with Gasteiger partial charge in [0.25, 0.3) is 15.6 Å². The largest absolute Gasteiger partial charge is 0.322 e. The third-order valence-corrected chi connectivity index (χ3v) is 4.16. The molecule has 0 heterocycles. The number of benzene rings is 2. The van der Waals surface area contributed by atoms with Crippen LogP contribution in [0.15, 0.2) is 48.5 Å². The lowest BCUT2D eigenvalue weighted by molar-refractivity contribution is -0.115. The minimum Gasteiger partial charge on any atom is -0.322 e. The average Bonchev–Trinajstić information content (AvgIpc) is 2.53. The Bertz CT molecular complexity index is 807. The molecule has 0 aromatic heterocycles. The van der Waals surface area contributed by atoms with E-state index >= 15 is 0 Å². The van der Waals surface area contributed by atoms with Gasteiger partial charge in [-0.1, -0.05) is 73.8 Å². The third-order valence-electron chi connectivity index (χ3n) is 3.65. The predicted molar refractivity (Wildman–Crippen MR) is 108 cm³/mol. The maximum Gasteiger partial charge on any atom is 0.276 e. The maximum atomic E-state index is 12.4. The first-order valence-corrected chi connectivity index (χ1v) is 9.00. The van der Waals surface area contributed by atoms with E-state index in [1.807, 2.05) is 12.1 Å². The zero-order valence-electron chi connectivity index (χ0n) is 14.6. The standard InChI is InChI=1S/C19H19Cl3N2O2/c1-18(2,3)13-9-7-12(8-10-13)16(25)23-14-5-4-6-15(11-14)24-17(26)19(20,21)22/h4-11H,1-3H3,(H,23,25)(H,24,26). The average molecular weight is 414 g/mol. The van der Waals surface area contributed by atoms with Crippen LogP contribution in [0.25, 0.3) is 0 Å². The van der Waals surface area contributed by atoms with E-state index in [1.54, 1.807) is 36.4 Å². The quantitative estimate of drug-likeness (QED) is 0.649. The summed E-state index contributed by atoms with van der Waals surface area (Å²) in [7, 11) is 0. The molecule has 0 fully saturated rings. The fraction of sp³-hybridized carbons (Fsp3) is 0.263. The van der Waals surface area contributed by atoms with Gasteiger partial charge in [-0.05, 0) is 41.3 Å². The van der Waals surface area contributed by atoms with E-state index < -0.39 is 9.70 Å². The van der Waals surface area contributed by atoms with E-state index in [0.29, 0.717) is 16.9 Å². The Balaban J connectivity index is 2.10. The number of hydrogen-bond donors (Lipinski definition) is 2. The van der Waals surface area contributed by atoms with Gasteiger partial charge in [-0.2, -0.15) is 0 Å². The van der Waals surface area contributed by atoms with Gasteiger partial charge in [0.2, 0.25) is 0 Å². The first-order valence-electron chi connectivity index (χ1n) is 7.87. The van der Waals surface area contributed by atoms with Gasteiger partial charge in [0.1, 0.15) is 0 Å². The van der Waals surface area contributed by atoms with Crippen molar-refractivity contribution in [2.75, 3.05) is 10.6 Å². The van der Waals surface area contributed by atoms with E-state index in [4.69, 9.17) is 34.8 Å². The van der Waals surface area contributed by atoms with Gasteiger partial charge < -0.3 is 10.6 Å². The second kappa shape index (κ2) is 7.87. The van der Waals surface area contributed by atoms with Crippen molar-refractivity contribution in [2.24, 2.45) is 0 Å². The van der Waals surface area contributed by atoms with E-state index in [0.717, 1.165) is 5.56 Å². The van der Waals surface area contributed by atoms with E-state index in [-0.39, 0.29) is 11.3 Å². The topological polar surface area (TPSA) is 58.2 Å². The van der Waals surface area contributed by atoms with Crippen LogP contribution in [0.2, 0.25) is 0 Å². The Hall–Kier alpha value is -1.75. The van der Waals surface area contributed by atoms with Gasteiger partial charge >= 0.3 is 0 Å². The van der Waals surface area contributed by atoms with Crippen LogP contribution in [0.3, 0.4) is 0 Å². The Morgan fingerprint density at radius 3 is 1.88 bits per heavy atom. The highest BCUT2D eigenvalue weighted by atomic mass is 35.6. The lowest BCUT2D eigenvalue weighted by Crippen LogP contribution is -2.26. The molecule has 0 unspecified atom stereocenters. The summed E-state index contributed by atoms with van der Waals surface area (Å²) in [5.41, 5.74) is 2.61. The summed E-state index contributed by atoms with van der Waals surface area (Å²) in [5, 5.41) is 5.25. The summed E-state index contributed by atoms with van der Waals surface area (Å²) in [4.78, 5) is 24.1. The molecule has 7 heteroatoms. The van der Waals surface area contributed by atoms with Crippen molar-refractivity contribution in [3.8, 4) is 0 Å². The summed E-state index contributed by atoms with van der Waals surface area (Å²) in [5.74, 6) is -1.03. The number of alkyl halides is 3. The van der Waals surface area contributed by atoms with E-state index in [9.17, 15) is 9.59 Å². The number of halogens is 3. The molecule has 2 rings (SSSR count). The lowest BCUT2D eigenvalue weighted by Gasteiger charge is -2.19. The minimum absolute atomic E-state index is 0.0179. The highest BCUT2D eigenvalue weighted by molar-refractivity contribution is 6.76. The van der Waals surface area contributed by atoms with Crippen molar-refractivity contribution >= 4 is 58.0 Å². The molecule has 0 radical (unpaired) electrons. The Morgan fingerprint density at radius 1 is 0.846 bits per heavy atom. The van der Waals surface area contributed by atoms with Gasteiger partial charge in [-0.15, -0.1) is 0 Å². The Morgan fingerprint density at radius 2 is 1.38 bits per heavy atom. The van der Waals surface area contributed by atoms with Gasteiger partial charge in [0, 0.05) is 16.9 Å². The molecule has 0 aliphatic heterocycles. The summed E-state index contributed by atoms with van der Waals surface area (Å²) < 4.78 is -2.06. The molecule has 2 amide bonds. The number of nitrogens with one attached hydrogen (secondary N) is 2. The summed E-state index contributed by atoms with van der Waals surface area (Å²) in [6, 6.07) is 14.0. The summed E-state index contributed by atoms with van der Waals surface area (Å²) in [6.45, 7) is 6.33. The number of anilines is 2. The van der Waals surface area contributed by atoms with Crippen LogP contribution >= 0.6 is 34.8 Å². The summed E-state index contributed by atoms with van der Waals surface area (Å²) in [6.07, 6.45) is 0. The highest BCUT2D eigenvalue weighted by Crippen LogP contribution is 2.28. The van der Waals surface area contributed by atoms with Gasteiger partial charge in [-0.25, -0.2) is 0 Å². The van der Waals surface area contributed by atoms with Crippen LogP contribution in [0, 0.1) is 0 Å². The van der Waals surface area contributed by atoms with Gasteiger partial charge in [-0.3, -0.25) is 9.59 Å². The molecule has 0 aliphatic rings. The monoisotopic (exact) mass is 412 g/mol. The molecule has 4 nitrogen and oxygen atoms in total. The molecule has 0 saturated carbocycles. The van der Waals surface area contributed by atoms with Crippen molar-refractivity contribution in [1.29, 1.82) is 0 Å². The number of hydrogen-bond acceptors (Lipinski definition) is 2. The Kier molecular flexibility index (Phi) is 6.22. The smallest absolute Gasteiger partial charge is 0.276 e. The molecular formula is C19H19Cl3N2O2. The molecule has 2 aromatic carbocycles. The van der Waals surface area contributed by atoms with Gasteiger partial charge in [0.05, 0.1) is 0 Å². The zero-order chi connectivity index (χ0) is 19.5. The molecule has 138 valence electrons. The number of carbonyl (C=O) groups excluding carboxylic acids is 2. The number of carbonyl (C=O) groups is 2. The molecule has 0 bridgehead atoms. The molecule has 0 spiro atoms. The lowest BCUT2D eigenvalue weighted by atomic mass is 9.87. The van der Waals surface area contributed by atoms with Crippen LogP contribution in [-0.4, -0.2) is 15.6 Å². The second-order valence-corrected chi connectivity index (χ2v) is 9.10. The second-order valence-electron chi connectivity index (χ2n) is 6.81. The van der Waals surface area contributed by atoms with E-state index in [1.165, 1.54) is 0 Å². The molecule has 2 aromatic rings. The normalized spacial score (nSPS) is 11.8. The predicted octanol–water partition coefficient (Wildman–Crippen LogP) is 5.55. The highest BCUT2D eigenvalue weighted by Gasteiger charge is 2.30. The molecule has 0 atom stereocenters. The molecule has 0 aliphatic carbocycles. The van der Waals surface area contributed by atoms with Crippen LogP contribution in [0.4, 0.5) is 11.4 Å². The van der Waals surface area contributed by atoms with Crippen molar-refractivity contribution in [1.82, 2.24) is 0 Å². The van der Waals surface area contributed by atoms with Crippen molar-refractivity contribution in [3.63, 3.8) is 0 Å². The van der Waals surface area contributed by atoms with Gasteiger partial charge in [0.15, 0.2) is 0 Å². The van der Waals surface area contributed by atoms with Crippen LogP contribution < -0.4 is 10.6 Å². The first-order chi connectivity index (χ1) is 12.0. The fourth-order valence-electron chi connectivity index (χ4n) is 2.20. The van der Waals surface area contributed by atoms with Crippen LogP contribution in [0.1, 0.15) is 36.7 Å². The van der Waals surface area contributed by atoms with Crippen molar-refractivity contribution in [3.05, 3.63) is 59.7 Å². The molecular weight excluding hydrogens is 395 g/mol. The summed E-state index contributed by atoms with van der Waals surface area (Å²) >= 11 is 16.6. The fourth-order valence-corrected chi connectivity index (χ4v) is 2.34. The molecule has 2 N–H and O–H groups in total. The van der Waals surface area contributed by atoms with Crippen molar-refractivity contribution < 1.29 is 9.59 Å².